The maximum atomic E-state index is 12.0. The molecule has 0 spiro atoms. The molecule has 0 amide bonds. The Kier molecular flexibility index (Phi) is 12.2. The molecule has 0 aliphatic rings. The van der Waals surface area contributed by atoms with Crippen molar-refractivity contribution in [1.29, 1.82) is 0 Å². The van der Waals surface area contributed by atoms with Crippen LogP contribution in [0.4, 0.5) is 0 Å². The van der Waals surface area contributed by atoms with Crippen LogP contribution in [0.5, 0.6) is 11.5 Å². The third kappa shape index (κ3) is 12.0. The molecule has 0 aromatic heterocycles. The molecule has 0 saturated heterocycles. The predicted octanol–water partition coefficient (Wildman–Crippen LogP) is 6.50. The van der Waals surface area contributed by atoms with Gasteiger partial charge in [0.15, 0.2) is 11.5 Å². The van der Waals surface area contributed by atoms with Crippen molar-refractivity contribution in [2.45, 2.75) is 97.3 Å². The van der Waals surface area contributed by atoms with Gasteiger partial charge in [-0.1, -0.05) is 90.0 Å². The number of unbranched alkanes of at least 4 members (excludes halogenated alkanes) is 12. The average molecular weight is 399 g/mol. The Morgan fingerprint density at radius 3 is 1.81 bits per heavy atom. The van der Waals surface area contributed by atoms with E-state index in [1.165, 1.54) is 76.3 Å². The lowest BCUT2D eigenvalue weighted by atomic mass is 10.1. The van der Waals surface area contributed by atoms with E-state index in [4.69, 9.17) is 4.18 Å². The van der Waals surface area contributed by atoms with Gasteiger partial charge >= 0.3 is 10.1 Å². The molecule has 1 aromatic carbocycles. The Balaban J connectivity index is 2.03. The highest BCUT2D eigenvalue weighted by molar-refractivity contribution is 7.87. The van der Waals surface area contributed by atoms with Crippen molar-refractivity contribution >= 4 is 10.1 Å². The summed E-state index contributed by atoms with van der Waals surface area (Å²) in [7, 11) is -3.65. The third-order valence-electron chi connectivity index (χ3n) is 4.83. The van der Waals surface area contributed by atoms with Crippen molar-refractivity contribution in [3.63, 3.8) is 0 Å². The van der Waals surface area contributed by atoms with E-state index in [0.29, 0.717) is 6.42 Å². The molecule has 0 aliphatic heterocycles. The summed E-state index contributed by atoms with van der Waals surface area (Å²) in [6.07, 6.45) is 15.8. The van der Waals surface area contributed by atoms with E-state index in [-0.39, 0.29) is 17.3 Å². The summed E-state index contributed by atoms with van der Waals surface area (Å²) in [5.74, 6) is -0.128. The lowest BCUT2D eigenvalue weighted by Crippen LogP contribution is -2.14. The van der Waals surface area contributed by atoms with Crippen molar-refractivity contribution in [3.8, 4) is 11.5 Å². The summed E-state index contributed by atoms with van der Waals surface area (Å²) in [6, 6.07) is 4.70. The van der Waals surface area contributed by atoms with Gasteiger partial charge in [-0.15, -0.1) is 0 Å². The van der Waals surface area contributed by atoms with Crippen LogP contribution < -0.4 is 4.18 Å². The number of phenols is 1. The highest BCUT2D eigenvalue weighted by atomic mass is 32.2. The van der Waals surface area contributed by atoms with Gasteiger partial charge in [-0.25, -0.2) is 0 Å². The molecule has 1 aromatic rings. The van der Waals surface area contributed by atoms with E-state index < -0.39 is 10.1 Å². The van der Waals surface area contributed by atoms with Gasteiger partial charge in [-0.3, -0.25) is 0 Å². The van der Waals surface area contributed by atoms with Crippen LogP contribution in [0.3, 0.4) is 0 Å². The molecular weight excluding hydrogens is 360 g/mol. The van der Waals surface area contributed by atoms with Crippen LogP contribution in [0, 0.1) is 6.92 Å². The molecule has 0 fully saturated rings. The first kappa shape index (κ1) is 23.8. The van der Waals surface area contributed by atoms with Crippen molar-refractivity contribution in [2.75, 3.05) is 5.75 Å². The molecule has 4 nitrogen and oxygen atoms in total. The first-order valence-corrected chi connectivity index (χ1v) is 12.2. The van der Waals surface area contributed by atoms with Gasteiger partial charge in [-0.05, 0) is 31.0 Å². The van der Waals surface area contributed by atoms with Crippen LogP contribution in [0.15, 0.2) is 18.2 Å². The van der Waals surface area contributed by atoms with Gasteiger partial charge in [0, 0.05) is 0 Å². The maximum absolute atomic E-state index is 12.0. The Morgan fingerprint density at radius 1 is 0.815 bits per heavy atom. The Morgan fingerprint density at radius 2 is 1.30 bits per heavy atom. The van der Waals surface area contributed by atoms with Gasteiger partial charge in [0.2, 0.25) is 0 Å². The second-order valence-electron chi connectivity index (χ2n) is 7.56. The maximum Gasteiger partial charge on any atom is 0.309 e. The second-order valence-corrected chi connectivity index (χ2v) is 9.25. The van der Waals surface area contributed by atoms with E-state index in [9.17, 15) is 13.5 Å². The van der Waals surface area contributed by atoms with Crippen molar-refractivity contribution in [1.82, 2.24) is 0 Å². The number of rotatable bonds is 16. The highest BCUT2D eigenvalue weighted by Crippen LogP contribution is 2.28. The Labute approximate surface area is 166 Å². The zero-order chi connectivity index (χ0) is 20.0. The van der Waals surface area contributed by atoms with Crippen LogP contribution in [-0.2, 0) is 10.1 Å². The highest BCUT2D eigenvalue weighted by Gasteiger charge is 2.15. The quantitative estimate of drug-likeness (QED) is 0.255. The molecule has 0 aliphatic carbocycles. The fourth-order valence-electron chi connectivity index (χ4n) is 3.16. The van der Waals surface area contributed by atoms with Crippen molar-refractivity contribution < 1.29 is 17.7 Å². The summed E-state index contributed by atoms with van der Waals surface area (Å²) in [5, 5.41) is 9.69. The van der Waals surface area contributed by atoms with Gasteiger partial charge < -0.3 is 9.29 Å². The molecule has 156 valence electrons. The number of aromatic hydroxyl groups is 1. The van der Waals surface area contributed by atoms with Crippen molar-refractivity contribution in [3.05, 3.63) is 23.8 Å². The zero-order valence-corrected chi connectivity index (χ0v) is 18.0. The van der Waals surface area contributed by atoms with E-state index in [1.807, 2.05) is 6.92 Å². The number of benzene rings is 1. The van der Waals surface area contributed by atoms with Crippen LogP contribution >= 0.6 is 0 Å². The molecule has 27 heavy (non-hydrogen) atoms. The first-order chi connectivity index (χ1) is 12.9. The lowest BCUT2D eigenvalue weighted by molar-refractivity contribution is 0.427. The number of hydrogen-bond acceptors (Lipinski definition) is 4. The lowest BCUT2D eigenvalue weighted by Gasteiger charge is -2.09. The van der Waals surface area contributed by atoms with Crippen molar-refractivity contribution in [2.24, 2.45) is 0 Å². The van der Waals surface area contributed by atoms with E-state index in [2.05, 4.69) is 6.92 Å². The normalized spacial score (nSPS) is 11.6. The fourth-order valence-corrected chi connectivity index (χ4v) is 4.21. The van der Waals surface area contributed by atoms with Gasteiger partial charge in [-0.2, -0.15) is 8.42 Å². The van der Waals surface area contributed by atoms with Crippen LogP contribution in [0.1, 0.15) is 96.0 Å². The van der Waals surface area contributed by atoms with Crippen LogP contribution in [0.2, 0.25) is 0 Å². The topological polar surface area (TPSA) is 63.6 Å². The molecule has 0 atom stereocenters. The van der Waals surface area contributed by atoms with E-state index >= 15 is 0 Å². The number of phenolic OH excluding ortho intramolecular Hbond substituents is 1. The zero-order valence-electron chi connectivity index (χ0n) is 17.2. The largest absolute Gasteiger partial charge is 0.504 e. The first-order valence-electron chi connectivity index (χ1n) is 10.7. The molecule has 0 radical (unpaired) electrons. The number of hydrogen-bond donors (Lipinski definition) is 1. The molecule has 0 heterocycles. The fraction of sp³-hybridized carbons (Fsp3) is 0.727. The van der Waals surface area contributed by atoms with E-state index in [0.717, 1.165) is 18.4 Å². The Bertz CT molecular complexity index is 611. The van der Waals surface area contributed by atoms with Gasteiger partial charge in [0.1, 0.15) is 0 Å². The minimum atomic E-state index is -3.65. The van der Waals surface area contributed by atoms with Gasteiger partial charge in [0.25, 0.3) is 0 Å². The van der Waals surface area contributed by atoms with Gasteiger partial charge in [0.05, 0.1) is 5.75 Å². The third-order valence-corrected chi connectivity index (χ3v) is 6.05. The summed E-state index contributed by atoms with van der Waals surface area (Å²) >= 11 is 0. The predicted molar refractivity (Wildman–Crippen MR) is 113 cm³/mol. The van der Waals surface area contributed by atoms with E-state index in [1.54, 1.807) is 6.07 Å². The monoisotopic (exact) mass is 398 g/mol. The molecular formula is C22H38O4S. The minimum Gasteiger partial charge on any atom is -0.504 e. The molecule has 1 N–H and O–H groups in total. The Hall–Kier alpha value is -1.23. The summed E-state index contributed by atoms with van der Waals surface area (Å²) in [6.45, 7) is 4.07. The molecule has 1 rings (SSSR count). The smallest absolute Gasteiger partial charge is 0.309 e. The summed E-state index contributed by atoms with van der Waals surface area (Å²) in [5.41, 5.74) is 0.846. The minimum absolute atomic E-state index is 0.00184. The molecule has 0 saturated carbocycles. The van der Waals surface area contributed by atoms with Crippen LogP contribution in [-0.4, -0.2) is 19.3 Å². The summed E-state index contributed by atoms with van der Waals surface area (Å²) in [4.78, 5) is 0. The molecule has 5 heteroatoms. The molecule has 0 bridgehead atoms. The second kappa shape index (κ2) is 13.9. The molecule has 0 unspecified atom stereocenters. The standard InChI is InChI=1S/C22H38O4S/c1-3-4-5-6-7-8-9-10-11-12-13-14-15-18-27(24,25)26-22-19-20(2)16-17-21(22)23/h16-17,19,23H,3-15,18H2,1-2H3. The summed E-state index contributed by atoms with van der Waals surface area (Å²) < 4.78 is 29.1. The number of aryl methyl sites for hydroxylation is 1. The SMILES string of the molecule is CCCCCCCCCCCCCCCS(=O)(=O)Oc1cc(C)ccc1O. The average Bonchev–Trinajstić information content (AvgIpc) is 2.62. The van der Waals surface area contributed by atoms with Crippen LogP contribution in [0.25, 0.3) is 0 Å².